The third-order valence-electron chi connectivity index (χ3n) is 11.8. The summed E-state index contributed by atoms with van der Waals surface area (Å²) in [5.41, 5.74) is 20.5. The van der Waals surface area contributed by atoms with Crippen LogP contribution >= 0.6 is 0 Å². The molecule has 4 aliphatic rings. The van der Waals surface area contributed by atoms with Crippen molar-refractivity contribution in [2.75, 3.05) is 4.90 Å². The molecule has 1 nitrogen and oxygen atoms in total. The lowest BCUT2D eigenvalue weighted by Crippen LogP contribution is -2.31. The molecule has 226 valence electrons. The average molecular weight is 596 g/mol. The van der Waals surface area contributed by atoms with E-state index in [0.29, 0.717) is 0 Å². The molecule has 1 aliphatic heterocycles. The fraction of sp³-hybridized carbons (Fsp3) is 0.244. The van der Waals surface area contributed by atoms with Crippen LogP contribution in [-0.2, 0) is 16.2 Å². The molecule has 1 heteroatoms. The van der Waals surface area contributed by atoms with Crippen molar-refractivity contribution in [2.45, 2.75) is 70.6 Å². The second kappa shape index (κ2) is 9.23. The zero-order chi connectivity index (χ0) is 31.6. The summed E-state index contributed by atoms with van der Waals surface area (Å²) in [6.07, 6.45) is 7.01. The van der Waals surface area contributed by atoms with E-state index in [2.05, 4.69) is 162 Å². The number of hydrogen-bond donors (Lipinski definition) is 0. The minimum Gasteiger partial charge on any atom is -0.310 e. The first-order valence-electron chi connectivity index (χ1n) is 16.9. The fourth-order valence-corrected chi connectivity index (χ4v) is 9.18. The number of fused-ring (bicyclic) bond motifs is 7. The zero-order valence-corrected chi connectivity index (χ0v) is 27.8. The molecule has 9 rings (SSSR count). The molecule has 0 spiro atoms. The van der Waals surface area contributed by atoms with E-state index in [9.17, 15) is 0 Å². The number of nitrogens with zero attached hydrogens (tertiary/aromatic N) is 1. The van der Waals surface area contributed by atoms with Gasteiger partial charge in [0.2, 0.25) is 0 Å². The van der Waals surface area contributed by atoms with E-state index in [-0.39, 0.29) is 16.2 Å². The summed E-state index contributed by atoms with van der Waals surface area (Å²) in [5, 5.41) is 0. The molecule has 1 heterocycles. The molecule has 0 fully saturated rings. The number of rotatable bonds is 2. The Labute approximate surface area is 273 Å². The van der Waals surface area contributed by atoms with Gasteiger partial charge in [0, 0.05) is 21.9 Å². The van der Waals surface area contributed by atoms with Gasteiger partial charge in [0.1, 0.15) is 0 Å². The predicted molar refractivity (Wildman–Crippen MR) is 195 cm³/mol. The van der Waals surface area contributed by atoms with Gasteiger partial charge >= 0.3 is 0 Å². The van der Waals surface area contributed by atoms with Gasteiger partial charge in [-0.2, -0.15) is 0 Å². The van der Waals surface area contributed by atoms with Gasteiger partial charge in [-0.25, -0.2) is 0 Å². The Bertz CT molecular complexity index is 2170. The van der Waals surface area contributed by atoms with E-state index < -0.39 is 0 Å². The summed E-state index contributed by atoms with van der Waals surface area (Å²) >= 11 is 0. The Balaban J connectivity index is 1.17. The fourth-order valence-electron chi connectivity index (χ4n) is 9.18. The van der Waals surface area contributed by atoms with Crippen molar-refractivity contribution in [1.82, 2.24) is 0 Å². The lowest BCUT2D eigenvalue weighted by molar-refractivity contribution is 0.607. The van der Waals surface area contributed by atoms with Gasteiger partial charge in [-0.15, -0.1) is 0 Å². The molecular weight excluding hydrogens is 555 g/mol. The molecule has 0 unspecified atom stereocenters. The van der Waals surface area contributed by atoms with Gasteiger partial charge in [0.05, 0.1) is 11.4 Å². The van der Waals surface area contributed by atoms with Crippen LogP contribution in [0.4, 0.5) is 17.1 Å². The maximum atomic E-state index is 2.51. The smallest absolute Gasteiger partial charge is 0.0506 e. The number of para-hydroxylation sites is 1. The lowest BCUT2D eigenvalue weighted by Gasteiger charge is -2.43. The molecule has 0 aromatic heterocycles. The average Bonchev–Trinajstić information content (AvgIpc) is 3.44. The molecule has 46 heavy (non-hydrogen) atoms. The van der Waals surface area contributed by atoms with Crippen molar-refractivity contribution < 1.29 is 0 Å². The zero-order valence-electron chi connectivity index (χ0n) is 27.8. The van der Waals surface area contributed by atoms with Gasteiger partial charge in [-0.1, -0.05) is 126 Å². The van der Waals surface area contributed by atoms with Crippen LogP contribution in [0.25, 0.3) is 27.8 Å². The topological polar surface area (TPSA) is 3.24 Å². The second-order valence-electron chi connectivity index (χ2n) is 15.3. The van der Waals surface area contributed by atoms with Crippen LogP contribution in [0.2, 0.25) is 0 Å². The van der Waals surface area contributed by atoms with Crippen molar-refractivity contribution in [3.63, 3.8) is 0 Å². The van der Waals surface area contributed by atoms with E-state index in [1.54, 1.807) is 5.57 Å². The van der Waals surface area contributed by atoms with E-state index in [0.717, 1.165) is 6.42 Å². The van der Waals surface area contributed by atoms with E-state index in [4.69, 9.17) is 0 Å². The third-order valence-corrected chi connectivity index (χ3v) is 11.8. The van der Waals surface area contributed by atoms with Gasteiger partial charge in [0.25, 0.3) is 0 Å². The molecule has 0 bridgehead atoms. The standard InChI is InChI=1S/C45H41N/c1-43(2)35-15-9-7-13-31(35)33-24-21-29(25-38(33)43)28-19-22-30(23-20-28)46-41-18-12-11-17-37(41)45(5,6)40-26-34-32-14-8-10-16-36(32)44(3,4)39(34)27-42(40)46/h7-8,10-14,16-27H,9,15H2,1-6H3. The van der Waals surface area contributed by atoms with E-state index >= 15 is 0 Å². The molecule has 5 aromatic rings. The van der Waals surface area contributed by atoms with Crippen molar-refractivity contribution >= 4 is 22.6 Å². The first-order chi connectivity index (χ1) is 22.1. The molecule has 0 saturated carbocycles. The summed E-state index contributed by atoms with van der Waals surface area (Å²) < 4.78 is 0. The molecule has 0 N–H and O–H groups in total. The van der Waals surface area contributed by atoms with Gasteiger partial charge in [0.15, 0.2) is 0 Å². The van der Waals surface area contributed by atoms with E-state index in [1.165, 1.54) is 84.7 Å². The molecule has 0 atom stereocenters. The largest absolute Gasteiger partial charge is 0.310 e. The number of allylic oxidation sites excluding steroid dienone is 4. The van der Waals surface area contributed by atoms with Crippen molar-refractivity contribution in [2.24, 2.45) is 0 Å². The monoisotopic (exact) mass is 595 g/mol. The summed E-state index contributed by atoms with van der Waals surface area (Å²) in [7, 11) is 0. The first kappa shape index (κ1) is 27.7. The normalized spacial score (nSPS) is 18.8. The molecule has 5 aromatic carbocycles. The van der Waals surface area contributed by atoms with Crippen LogP contribution in [0.3, 0.4) is 0 Å². The molecule has 0 amide bonds. The van der Waals surface area contributed by atoms with Gasteiger partial charge < -0.3 is 4.90 Å². The highest BCUT2D eigenvalue weighted by Gasteiger charge is 2.42. The SMILES string of the molecule is CC1(C)C2=C(C=CCC2)c2ccc(-c3ccc(N4c5ccccc5C(C)(C)c5cc6c(cc54)C(C)(C)c4ccccc4-6)cc3)cc21. The molecule has 0 saturated heterocycles. The predicted octanol–water partition coefficient (Wildman–Crippen LogP) is 12.2. The summed E-state index contributed by atoms with van der Waals surface area (Å²) in [5.74, 6) is 0. The van der Waals surface area contributed by atoms with Crippen molar-refractivity contribution in [1.29, 1.82) is 0 Å². The van der Waals surface area contributed by atoms with Crippen LogP contribution in [0, 0.1) is 0 Å². The lowest BCUT2D eigenvalue weighted by atomic mass is 9.72. The molecule has 3 aliphatic carbocycles. The second-order valence-corrected chi connectivity index (χ2v) is 15.3. The van der Waals surface area contributed by atoms with Crippen molar-refractivity contribution in [3.05, 3.63) is 154 Å². The molecule has 0 radical (unpaired) electrons. The summed E-state index contributed by atoms with van der Waals surface area (Å²) in [6.45, 7) is 14.4. The Kier molecular flexibility index (Phi) is 5.55. The van der Waals surface area contributed by atoms with Crippen LogP contribution in [-0.4, -0.2) is 0 Å². The Morgan fingerprint density at radius 1 is 0.500 bits per heavy atom. The Hall–Kier alpha value is -4.62. The molecular formula is C45H41N. The minimum absolute atomic E-state index is 0.0528. The maximum Gasteiger partial charge on any atom is 0.0506 e. The third kappa shape index (κ3) is 3.58. The quantitative estimate of drug-likeness (QED) is 0.196. The van der Waals surface area contributed by atoms with Gasteiger partial charge in [-0.05, 0) is 110 Å². The number of hydrogen-bond acceptors (Lipinski definition) is 1. The van der Waals surface area contributed by atoms with Crippen LogP contribution in [0.1, 0.15) is 87.8 Å². The van der Waals surface area contributed by atoms with Crippen molar-refractivity contribution in [3.8, 4) is 22.3 Å². The number of benzene rings is 5. The highest BCUT2D eigenvalue weighted by Crippen LogP contribution is 2.57. The van der Waals surface area contributed by atoms with Crippen LogP contribution in [0.5, 0.6) is 0 Å². The highest BCUT2D eigenvalue weighted by molar-refractivity contribution is 5.92. The minimum atomic E-state index is -0.126. The van der Waals surface area contributed by atoms with Crippen LogP contribution in [0.15, 0.2) is 121 Å². The Morgan fingerprint density at radius 3 is 1.98 bits per heavy atom. The van der Waals surface area contributed by atoms with Crippen LogP contribution < -0.4 is 4.90 Å². The number of anilines is 3. The van der Waals surface area contributed by atoms with Gasteiger partial charge in [-0.3, -0.25) is 0 Å². The van der Waals surface area contributed by atoms with E-state index in [1.807, 2.05) is 0 Å². The highest BCUT2D eigenvalue weighted by atomic mass is 15.2. The Morgan fingerprint density at radius 2 is 1.17 bits per heavy atom. The summed E-state index contributed by atoms with van der Waals surface area (Å²) in [6, 6.07) is 39.4. The maximum absolute atomic E-state index is 2.51. The first-order valence-corrected chi connectivity index (χ1v) is 16.9. The summed E-state index contributed by atoms with van der Waals surface area (Å²) in [4.78, 5) is 2.51.